The lowest BCUT2D eigenvalue weighted by Crippen LogP contribution is -2.31. The molecule has 5 heteroatoms. The fraction of sp³-hybridized carbons (Fsp3) is 0.455. The Morgan fingerprint density at radius 2 is 1.50 bits per heavy atom. The first-order chi connectivity index (χ1) is 6.81. The molecule has 0 amide bonds. The Morgan fingerprint density at radius 3 is 1.62 bits per heavy atom. The molecule has 0 aromatic heterocycles. The molecule has 0 saturated carbocycles. The van der Waals surface area contributed by atoms with Crippen molar-refractivity contribution in [2.24, 2.45) is 0 Å². The van der Waals surface area contributed by atoms with Gasteiger partial charge < -0.3 is 15.3 Å². The average molecular weight is 259 g/mol. The van der Waals surface area contributed by atoms with Crippen LogP contribution in [-0.4, -0.2) is 22.8 Å². The molecule has 0 aliphatic heterocycles. The number of rotatable bonds is 2. The molecule has 0 fully saturated rings. The van der Waals surface area contributed by atoms with Gasteiger partial charge in [-0.15, -0.1) is 0 Å². The minimum atomic E-state index is -1.16. The number of nitrogens with two attached hydrogens (primary N) is 1. The molecule has 3 nitrogen and oxygen atoms in total. The first-order valence-corrected chi connectivity index (χ1v) is 11.5. The summed E-state index contributed by atoms with van der Waals surface area (Å²) in [5, 5.41) is 0. The van der Waals surface area contributed by atoms with Crippen LogP contribution < -0.4 is 5.73 Å². The maximum atomic E-state index is 5.72. The van der Waals surface area contributed by atoms with E-state index in [2.05, 4.69) is 32.7 Å². The number of hydrogen-bond donors (Lipinski definition) is 1. The van der Waals surface area contributed by atoms with Gasteiger partial charge in [0.15, 0.2) is 17.4 Å². The largest absolute Gasteiger partial charge is 0.458 e. The topological polar surface area (TPSA) is 66.8 Å². The van der Waals surface area contributed by atoms with Crippen molar-refractivity contribution in [1.82, 2.24) is 0 Å². The van der Waals surface area contributed by atoms with Gasteiger partial charge in [-0.3, -0.25) is 0 Å². The van der Waals surface area contributed by atoms with E-state index < -0.39 is 17.4 Å². The van der Waals surface area contributed by atoms with Crippen LogP contribution in [0.2, 0.25) is 32.7 Å². The van der Waals surface area contributed by atoms with Gasteiger partial charge in [0.2, 0.25) is 0 Å². The van der Waals surface area contributed by atoms with Crippen molar-refractivity contribution in [2.45, 2.75) is 32.7 Å². The van der Waals surface area contributed by atoms with Crippen LogP contribution >= 0.6 is 0 Å². The summed E-state index contributed by atoms with van der Waals surface area (Å²) in [5.74, 6) is 0. The van der Waals surface area contributed by atoms with Crippen LogP contribution in [0.1, 0.15) is 0 Å². The smallest absolute Gasteiger partial charge is 0.170 e. The summed E-state index contributed by atoms with van der Waals surface area (Å²) in [6, 6.07) is 9.49. The van der Waals surface area contributed by atoms with Crippen LogP contribution in [0.5, 0.6) is 0 Å². The van der Waals surface area contributed by atoms with Gasteiger partial charge in [0.1, 0.15) is 0 Å². The Hall–Kier alpha value is -0.626. The van der Waals surface area contributed by atoms with Crippen LogP contribution in [0.15, 0.2) is 30.3 Å². The highest BCUT2D eigenvalue weighted by atomic mass is 28.4. The van der Waals surface area contributed by atoms with Gasteiger partial charge in [-0.1, -0.05) is 18.2 Å². The van der Waals surface area contributed by atoms with Crippen molar-refractivity contribution in [2.75, 3.05) is 5.73 Å². The van der Waals surface area contributed by atoms with E-state index in [1.54, 1.807) is 0 Å². The van der Waals surface area contributed by atoms with Crippen LogP contribution in [0.4, 0.5) is 5.69 Å². The Morgan fingerprint density at radius 1 is 1.06 bits per heavy atom. The van der Waals surface area contributed by atoms with E-state index in [1.165, 1.54) is 0 Å². The second-order valence-corrected chi connectivity index (χ2v) is 12.0. The fourth-order valence-corrected chi connectivity index (χ4v) is 6.82. The SMILES string of the molecule is C[SiH](C)O[Si](C)(C)C.Nc1ccccc1.O. The van der Waals surface area contributed by atoms with E-state index in [-0.39, 0.29) is 5.48 Å². The molecule has 1 aromatic rings. The van der Waals surface area contributed by atoms with Crippen LogP contribution in [-0.2, 0) is 4.12 Å². The number of hydrogen-bond acceptors (Lipinski definition) is 2. The minimum absolute atomic E-state index is 0. The minimum Gasteiger partial charge on any atom is -0.458 e. The predicted molar refractivity (Wildman–Crippen MR) is 77.8 cm³/mol. The molecular formula is C11H25NO2Si2. The van der Waals surface area contributed by atoms with Crippen molar-refractivity contribution in [1.29, 1.82) is 0 Å². The standard InChI is InChI=1S/C6H7N.C5H16OSi2.H2O/c7-6-4-2-1-3-5-6;1-7(2)6-8(3,4)5;/h1-5H,7H2;7H,1-5H3;1H2. The molecule has 0 radical (unpaired) electrons. The molecule has 0 spiro atoms. The lowest BCUT2D eigenvalue weighted by Gasteiger charge is -2.19. The molecule has 0 aliphatic rings. The predicted octanol–water partition coefficient (Wildman–Crippen LogP) is 2.27. The third-order valence-electron chi connectivity index (χ3n) is 1.39. The van der Waals surface area contributed by atoms with Crippen LogP contribution in [0, 0.1) is 0 Å². The molecule has 0 atom stereocenters. The third-order valence-corrected chi connectivity index (χ3v) is 6.10. The molecule has 0 saturated heterocycles. The molecule has 16 heavy (non-hydrogen) atoms. The fourth-order valence-electron chi connectivity index (χ4n) is 1.16. The number of nitrogen functional groups attached to an aromatic ring is 1. The lowest BCUT2D eigenvalue weighted by atomic mass is 10.3. The van der Waals surface area contributed by atoms with E-state index in [1.807, 2.05) is 30.3 Å². The average Bonchev–Trinajstić information content (AvgIpc) is 2.01. The van der Waals surface area contributed by atoms with Gasteiger partial charge in [-0.05, 0) is 44.9 Å². The van der Waals surface area contributed by atoms with E-state index in [0.29, 0.717) is 0 Å². The summed E-state index contributed by atoms with van der Waals surface area (Å²) in [7, 11) is -1.89. The van der Waals surface area contributed by atoms with Gasteiger partial charge in [0, 0.05) is 5.69 Å². The highest BCUT2D eigenvalue weighted by Gasteiger charge is 2.14. The highest BCUT2D eigenvalue weighted by Crippen LogP contribution is 2.03. The van der Waals surface area contributed by atoms with E-state index in [0.717, 1.165) is 5.69 Å². The van der Waals surface area contributed by atoms with Crippen molar-refractivity contribution in [3.63, 3.8) is 0 Å². The first-order valence-electron chi connectivity index (χ1n) is 5.29. The first kappa shape index (κ1) is 17.8. The quantitative estimate of drug-likeness (QED) is 0.654. The van der Waals surface area contributed by atoms with E-state index in [9.17, 15) is 0 Å². The molecule has 1 aromatic carbocycles. The van der Waals surface area contributed by atoms with Gasteiger partial charge in [-0.2, -0.15) is 0 Å². The summed E-state index contributed by atoms with van der Waals surface area (Å²) in [4.78, 5) is 0. The lowest BCUT2D eigenvalue weighted by molar-refractivity contribution is 0.583. The summed E-state index contributed by atoms with van der Waals surface area (Å²) < 4.78 is 5.72. The molecule has 0 bridgehead atoms. The van der Waals surface area contributed by atoms with Gasteiger partial charge in [0.05, 0.1) is 0 Å². The maximum absolute atomic E-state index is 5.72. The molecule has 4 N–H and O–H groups in total. The molecular weight excluding hydrogens is 234 g/mol. The van der Waals surface area contributed by atoms with Crippen molar-refractivity contribution in [3.8, 4) is 0 Å². The highest BCUT2D eigenvalue weighted by molar-refractivity contribution is 6.76. The number of benzene rings is 1. The monoisotopic (exact) mass is 259 g/mol. The van der Waals surface area contributed by atoms with Crippen molar-refractivity contribution >= 4 is 23.0 Å². The Bertz CT molecular complexity index is 260. The Balaban J connectivity index is 0. The van der Waals surface area contributed by atoms with Gasteiger partial charge in [0.25, 0.3) is 0 Å². The normalized spacial score (nSPS) is 10.1. The van der Waals surface area contributed by atoms with Crippen LogP contribution in [0.3, 0.4) is 0 Å². The summed E-state index contributed by atoms with van der Waals surface area (Å²) in [6.07, 6.45) is 0. The van der Waals surface area contributed by atoms with Gasteiger partial charge >= 0.3 is 0 Å². The van der Waals surface area contributed by atoms with Gasteiger partial charge in [-0.25, -0.2) is 0 Å². The second kappa shape index (κ2) is 8.52. The maximum Gasteiger partial charge on any atom is 0.170 e. The molecule has 0 unspecified atom stereocenters. The van der Waals surface area contributed by atoms with E-state index in [4.69, 9.17) is 9.85 Å². The van der Waals surface area contributed by atoms with Crippen LogP contribution in [0.25, 0.3) is 0 Å². The molecule has 94 valence electrons. The zero-order valence-electron chi connectivity index (χ0n) is 10.9. The zero-order chi connectivity index (χ0) is 11.9. The summed E-state index contributed by atoms with van der Waals surface area (Å²) >= 11 is 0. The van der Waals surface area contributed by atoms with E-state index >= 15 is 0 Å². The Labute approximate surface area is 102 Å². The molecule has 0 heterocycles. The number of anilines is 1. The Kier molecular flexibility index (Phi) is 9.45. The summed E-state index contributed by atoms with van der Waals surface area (Å²) in [6.45, 7) is 11.1. The second-order valence-electron chi connectivity index (χ2n) is 4.69. The summed E-state index contributed by atoms with van der Waals surface area (Å²) in [5.41, 5.74) is 6.18. The third kappa shape index (κ3) is 13.4. The van der Waals surface area contributed by atoms with Crippen molar-refractivity contribution < 1.29 is 9.59 Å². The van der Waals surface area contributed by atoms with Crippen molar-refractivity contribution in [3.05, 3.63) is 30.3 Å². The zero-order valence-corrected chi connectivity index (χ0v) is 13.1. The molecule has 0 aliphatic carbocycles. The number of para-hydroxylation sites is 1. The molecule has 1 rings (SSSR count).